The van der Waals surface area contributed by atoms with Crippen molar-refractivity contribution in [3.8, 4) is 0 Å². The van der Waals surface area contributed by atoms with Gasteiger partial charge in [-0.05, 0) is 38.5 Å². The molecule has 0 aromatic rings. The molecule has 3 rings (SSSR count). The van der Waals surface area contributed by atoms with Gasteiger partial charge >= 0.3 is 5.97 Å². The Morgan fingerprint density at radius 1 is 1.30 bits per heavy atom. The number of fused-ring (bicyclic) bond motifs is 2. The zero-order chi connectivity index (χ0) is 19.4. The van der Waals surface area contributed by atoms with Crippen molar-refractivity contribution in [3.63, 3.8) is 0 Å². The van der Waals surface area contributed by atoms with Gasteiger partial charge in [0, 0.05) is 24.7 Å². The monoisotopic (exact) mass is 395 g/mol. The van der Waals surface area contributed by atoms with Gasteiger partial charge in [-0.1, -0.05) is 36.4 Å². The van der Waals surface area contributed by atoms with Crippen molar-refractivity contribution in [1.82, 2.24) is 5.32 Å². The van der Waals surface area contributed by atoms with Crippen molar-refractivity contribution < 1.29 is 24.2 Å². The number of allylic oxidation sites excluding steroid dienone is 3. The van der Waals surface area contributed by atoms with Crippen LogP contribution >= 0.6 is 11.8 Å². The maximum atomic E-state index is 12.3. The van der Waals surface area contributed by atoms with E-state index in [2.05, 4.69) is 24.4 Å². The summed E-state index contributed by atoms with van der Waals surface area (Å²) in [6.07, 6.45) is 9.42. The molecule has 27 heavy (non-hydrogen) atoms. The molecule has 5 atom stereocenters. The number of rotatable bonds is 1. The van der Waals surface area contributed by atoms with Gasteiger partial charge in [0.25, 0.3) is 5.24 Å². The fraction of sp³-hybridized carbons (Fsp3) is 0.700. The van der Waals surface area contributed by atoms with Crippen molar-refractivity contribution in [1.29, 1.82) is 0 Å². The lowest BCUT2D eigenvalue weighted by molar-refractivity contribution is -0.283. The lowest BCUT2D eigenvalue weighted by Gasteiger charge is -2.43. The third-order valence-corrected chi connectivity index (χ3v) is 6.28. The number of hydrogen-bond acceptors (Lipinski definition) is 6. The maximum Gasteiger partial charge on any atom is 0.330 e. The average Bonchev–Trinajstić information content (AvgIpc) is 3.03. The minimum Gasteiger partial charge on any atom is -0.459 e. The second-order valence-electron chi connectivity index (χ2n) is 7.89. The second-order valence-corrected chi connectivity index (χ2v) is 8.88. The van der Waals surface area contributed by atoms with Crippen molar-refractivity contribution in [2.24, 2.45) is 5.92 Å². The number of esters is 1. The second kappa shape index (κ2) is 8.80. The lowest BCUT2D eigenvalue weighted by atomic mass is 9.90. The number of thioether (sulfide) groups is 1. The van der Waals surface area contributed by atoms with Gasteiger partial charge in [0.05, 0.1) is 12.1 Å². The maximum absolute atomic E-state index is 12.3. The van der Waals surface area contributed by atoms with Gasteiger partial charge in [0.1, 0.15) is 6.10 Å². The van der Waals surface area contributed by atoms with E-state index in [9.17, 15) is 14.7 Å². The number of ether oxygens (including phenoxy) is 2. The van der Waals surface area contributed by atoms with Crippen LogP contribution in [0.5, 0.6) is 0 Å². The fourth-order valence-electron chi connectivity index (χ4n) is 3.86. The predicted octanol–water partition coefficient (Wildman–Crippen LogP) is 3.30. The van der Waals surface area contributed by atoms with E-state index in [0.717, 1.165) is 43.0 Å². The molecule has 2 saturated heterocycles. The van der Waals surface area contributed by atoms with Crippen LogP contribution in [-0.2, 0) is 14.3 Å². The molecule has 2 fully saturated rings. The van der Waals surface area contributed by atoms with Gasteiger partial charge < -0.3 is 19.9 Å². The molecule has 0 unspecified atom stereocenters. The molecule has 6 nitrogen and oxygen atoms in total. The summed E-state index contributed by atoms with van der Waals surface area (Å²) in [5.41, 5.74) is 0.979. The Kier molecular flexibility index (Phi) is 6.65. The molecule has 0 radical (unpaired) electrons. The van der Waals surface area contributed by atoms with Crippen molar-refractivity contribution in [3.05, 3.63) is 23.8 Å². The zero-order valence-electron chi connectivity index (χ0n) is 16.0. The molecule has 0 saturated carbocycles. The van der Waals surface area contributed by atoms with E-state index in [1.54, 1.807) is 6.08 Å². The van der Waals surface area contributed by atoms with Crippen LogP contribution < -0.4 is 5.32 Å². The summed E-state index contributed by atoms with van der Waals surface area (Å²) in [6, 6.07) is -0.493. The van der Waals surface area contributed by atoms with Crippen molar-refractivity contribution in [2.45, 2.75) is 76.4 Å². The van der Waals surface area contributed by atoms with E-state index in [4.69, 9.17) is 9.47 Å². The highest BCUT2D eigenvalue weighted by Gasteiger charge is 2.49. The molecule has 1 amide bonds. The quantitative estimate of drug-likeness (QED) is 0.523. The Morgan fingerprint density at radius 3 is 2.85 bits per heavy atom. The normalized spacial score (nSPS) is 41.7. The van der Waals surface area contributed by atoms with Gasteiger partial charge in [0.2, 0.25) is 0 Å². The predicted molar refractivity (Wildman–Crippen MR) is 104 cm³/mol. The van der Waals surface area contributed by atoms with Crippen LogP contribution in [0.25, 0.3) is 0 Å². The van der Waals surface area contributed by atoms with Crippen molar-refractivity contribution in [2.75, 3.05) is 5.75 Å². The molecule has 2 N–H and O–H groups in total. The lowest BCUT2D eigenvalue weighted by Crippen LogP contribution is -2.58. The van der Waals surface area contributed by atoms with E-state index in [-0.39, 0.29) is 23.7 Å². The van der Waals surface area contributed by atoms with Gasteiger partial charge in [-0.15, -0.1) is 0 Å². The standard InChI is InChI=1S/C20H29NO5S/c1-13-5-3-4-6-14(2)9-18(22)25-16-10-15(8-7-13)26-20(24,11-16)17-12-27-19(23)21-17/h3,5,9,13,15-17,24H,4,6-8,10-12H2,1-2H3,(H,21,23)/b5-3-,14-9-/t13-,15+,16+,17-,20+/m0/s1. The summed E-state index contributed by atoms with van der Waals surface area (Å²) in [4.78, 5) is 23.9. The Labute approximate surface area is 164 Å². The summed E-state index contributed by atoms with van der Waals surface area (Å²) in [6.45, 7) is 4.10. The number of carbonyl (C=O) groups excluding carboxylic acids is 2. The van der Waals surface area contributed by atoms with E-state index in [1.807, 2.05) is 6.92 Å². The summed E-state index contributed by atoms with van der Waals surface area (Å²) in [5.74, 6) is -1.03. The van der Waals surface area contributed by atoms with E-state index < -0.39 is 17.9 Å². The summed E-state index contributed by atoms with van der Waals surface area (Å²) < 4.78 is 11.7. The molecule has 7 heteroatoms. The molecule has 0 spiro atoms. The van der Waals surface area contributed by atoms with Crippen LogP contribution in [0.3, 0.4) is 0 Å². The van der Waals surface area contributed by atoms with E-state index in [0.29, 0.717) is 18.1 Å². The molecule has 0 aromatic heterocycles. The molecular formula is C20H29NO5S. The summed E-state index contributed by atoms with van der Waals surface area (Å²) in [5, 5.41) is 13.7. The first-order valence-corrected chi connectivity index (χ1v) is 10.7. The minimum absolute atomic E-state index is 0.160. The van der Waals surface area contributed by atoms with Crippen molar-refractivity contribution >= 4 is 23.0 Å². The SMILES string of the molecule is C/C1=C/C(=O)O[C@@H]2C[C@@H](CC[C@@H](C)/C=C\CC1)O[C@@](O)([C@@H]1CSC(=O)N1)C2. The molecule has 2 bridgehead atoms. The molecule has 3 aliphatic rings. The van der Waals surface area contributed by atoms with Crippen LogP contribution in [0.4, 0.5) is 4.79 Å². The molecule has 3 aliphatic heterocycles. The van der Waals surface area contributed by atoms with Crippen LogP contribution in [0.1, 0.15) is 52.4 Å². The zero-order valence-corrected chi connectivity index (χ0v) is 16.8. The number of amides is 1. The third kappa shape index (κ3) is 5.59. The molecule has 150 valence electrons. The minimum atomic E-state index is -1.51. The number of nitrogens with one attached hydrogen (secondary N) is 1. The summed E-state index contributed by atoms with van der Waals surface area (Å²) >= 11 is 1.14. The molecular weight excluding hydrogens is 366 g/mol. The first kappa shape index (κ1) is 20.4. The van der Waals surface area contributed by atoms with E-state index in [1.165, 1.54) is 0 Å². The third-order valence-electron chi connectivity index (χ3n) is 5.40. The van der Waals surface area contributed by atoms with Crippen LogP contribution in [-0.4, -0.2) is 46.1 Å². The fourth-order valence-corrected chi connectivity index (χ4v) is 4.75. The van der Waals surface area contributed by atoms with Gasteiger partial charge in [0.15, 0.2) is 5.79 Å². The Bertz CT molecular complexity index is 634. The largest absolute Gasteiger partial charge is 0.459 e. The first-order valence-electron chi connectivity index (χ1n) is 9.72. The van der Waals surface area contributed by atoms with Crippen LogP contribution in [0.15, 0.2) is 23.8 Å². The highest BCUT2D eigenvalue weighted by molar-refractivity contribution is 8.14. The highest BCUT2D eigenvalue weighted by atomic mass is 32.2. The number of carbonyl (C=O) groups is 2. The topological polar surface area (TPSA) is 84.9 Å². The number of hydrogen-bond donors (Lipinski definition) is 2. The Morgan fingerprint density at radius 2 is 2.11 bits per heavy atom. The van der Waals surface area contributed by atoms with Gasteiger partial charge in [-0.2, -0.15) is 0 Å². The highest BCUT2D eigenvalue weighted by Crippen LogP contribution is 2.37. The van der Waals surface area contributed by atoms with Gasteiger partial charge in [-0.3, -0.25) is 4.79 Å². The smallest absolute Gasteiger partial charge is 0.330 e. The summed E-state index contributed by atoms with van der Waals surface area (Å²) in [7, 11) is 0. The molecule has 0 aliphatic carbocycles. The Balaban J connectivity index is 1.78. The first-order chi connectivity index (χ1) is 12.8. The van der Waals surface area contributed by atoms with Crippen LogP contribution in [0, 0.1) is 5.92 Å². The molecule has 0 aromatic carbocycles. The Hall–Kier alpha value is -1.31. The average molecular weight is 396 g/mol. The van der Waals surface area contributed by atoms with E-state index >= 15 is 0 Å². The molecule has 3 heterocycles. The number of aliphatic hydroxyl groups is 1. The van der Waals surface area contributed by atoms with Crippen LogP contribution in [0.2, 0.25) is 0 Å². The van der Waals surface area contributed by atoms with Gasteiger partial charge in [-0.25, -0.2) is 4.79 Å².